The summed E-state index contributed by atoms with van der Waals surface area (Å²) in [5.74, 6) is 0. The molecule has 0 amide bonds. The Hall–Kier alpha value is -4.41. The first-order valence-electron chi connectivity index (χ1n) is 12.0. The number of para-hydroxylation sites is 1. The highest BCUT2D eigenvalue weighted by atomic mass is 32.1. The third-order valence-electron chi connectivity index (χ3n) is 6.90. The van der Waals surface area contributed by atoms with Crippen molar-refractivity contribution in [3.8, 4) is 5.69 Å². The molecule has 2 aromatic heterocycles. The Morgan fingerprint density at radius 3 is 2.42 bits per heavy atom. The normalized spacial score (nSPS) is 14.0. The maximum atomic E-state index is 4.32. The molecule has 0 aliphatic carbocycles. The molecule has 1 aliphatic heterocycles. The molecule has 1 aliphatic rings. The number of allylic oxidation sites excluding steroid dienone is 2. The predicted octanol–water partition coefficient (Wildman–Crippen LogP) is 8.54. The van der Waals surface area contributed by atoms with Crippen molar-refractivity contribution in [2.24, 2.45) is 4.99 Å². The molecule has 0 radical (unpaired) electrons. The summed E-state index contributed by atoms with van der Waals surface area (Å²) in [5.41, 5.74) is 5.52. The second kappa shape index (κ2) is 8.36. The second-order valence-electron chi connectivity index (χ2n) is 8.97. The Balaban J connectivity index is 1.45. The van der Waals surface area contributed by atoms with Gasteiger partial charge in [0.1, 0.15) is 0 Å². The van der Waals surface area contributed by atoms with Crippen LogP contribution < -0.4 is 0 Å². The van der Waals surface area contributed by atoms with Gasteiger partial charge in [-0.2, -0.15) is 0 Å². The average Bonchev–Trinajstić information content (AvgIpc) is 3.48. The van der Waals surface area contributed by atoms with Crippen molar-refractivity contribution >= 4 is 65.7 Å². The van der Waals surface area contributed by atoms with Gasteiger partial charge in [0.05, 0.1) is 16.7 Å². The minimum Gasteiger partial charge on any atom is -0.348 e. The van der Waals surface area contributed by atoms with E-state index < -0.39 is 0 Å². The third-order valence-corrected chi connectivity index (χ3v) is 8.03. The van der Waals surface area contributed by atoms with Gasteiger partial charge in [-0.25, -0.2) is 0 Å². The molecular weight excluding hydrogens is 458 g/mol. The van der Waals surface area contributed by atoms with E-state index in [1.165, 1.54) is 42.0 Å². The molecule has 0 spiro atoms. The maximum absolute atomic E-state index is 4.32. The number of thiophene rings is 1. The van der Waals surface area contributed by atoms with Crippen LogP contribution in [0.5, 0.6) is 0 Å². The topological polar surface area (TPSA) is 20.5 Å². The zero-order valence-electron chi connectivity index (χ0n) is 19.6. The minimum atomic E-state index is 0.833. The van der Waals surface area contributed by atoms with Gasteiger partial charge in [0.15, 0.2) is 0 Å². The smallest absolute Gasteiger partial charge is 0.0856 e. The first-order chi connectivity index (χ1) is 17.8. The molecule has 4 heteroatoms. The van der Waals surface area contributed by atoms with Gasteiger partial charge in [-0.1, -0.05) is 66.7 Å². The fourth-order valence-electron chi connectivity index (χ4n) is 5.26. The van der Waals surface area contributed by atoms with E-state index in [1.54, 1.807) is 0 Å². The molecule has 0 atom stereocenters. The van der Waals surface area contributed by atoms with Crippen molar-refractivity contribution in [1.29, 1.82) is 0 Å². The second-order valence-corrected chi connectivity index (χ2v) is 10.1. The van der Waals surface area contributed by atoms with Crippen LogP contribution in [0, 0.1) is 0 Å². The highest BCUT2D eigenvalue weighted by Crippen LogP contribution is 2.42. The molecular formula is C32H23N3S. The van der Waals surface area contributed by atoms with Crippen molar-refractivity contribution in [2.45, 2.75) is 0 Å². The van der Waals surface area contributed by atoms with Gasteiger partial charge in [0.2, 0.25) is 0 Å². The highest BCUT2D eigenvalue weighted by Gasteiger charge is 2.17. The van der Waals surface area contributed by atoms with Crippen LogP contribution in [-0.4, -0.2) is 22.7 Å². The molecule has 3 heterocycles. The molecule has 4 aromatic carbocycles. The number of nitrogens with zero attached hydrogens (tertiary/aromatic N) is 3. The lowest BCUT2D eigenvalue weighted by atomic mass is 10.1. The number of hydrogen-bond donors (Lipinski definition) is 0. The van der Waals surface area contributed by atoms with E-state index in [4.69, 9.17) is 0 Å². The molecule has 172 valence electrons. The van der Waals surface area contributed by atoms with Gasteiger partial charge < -0.3 is 9.47 Å². The summed E-state index contributed by atoms with van der Waals surface area (Å²) in [6.45, 7) is 4.66. The van der Waals surface area contributed by atoms with Gasteiger partial charge in [-0.05, 0) is 43.1 Å². The van der Waals surface area contributed by atoms with Crippen LogP contribution >= 0.6 is 11.3 Å². The van der Waals surface area contributed by atoms with Gasteiger partial charge >= 0.3 is 0 Å². The highest BCUT2D eigenvalue weighted by molar-refractivity contribution is 7.26. The van der Waals surface area contributed by atoms with E-state index in [9.17, 15) is 0 Å². The largest absolute Gasteiger partial charge is 0.348 e. The molecule has 7 rings (SSSR count). The van der Waals surface area contributed by atoms with Gasteiger partial charge in [-0.3, -0.25) is 4.99 Å². The Kier molecular flexibility index (Phi) is 4.86. The van der Waals surface area contributed by atoms with Crippen LogP contribution in [-0.2, 0) is 0 Å². The molecule has 0 N–H and O–H groups in total. The molecule has 0 unspecified atom stereocenters. The maximum Gasteiger partial charge on any atom is 0.0856 e. The standard InChI is InChI=1S/C32H23N3S/c1-33-27(21-34-19-7-2-8-20-34)22-13-15-23(16-14-22)35-28-11-5-3-9-24(28)25-17-18-30-31(32(25)35)26-10-4-6-12-29(26)36-30/h2-19,21H,1,20H2/b27-21-. The predicted molar refractivity (Wildman–Crippen MR) is 156 cm³/mol. The number of aromatic nitrogens is 1. The van der Waals surface area contributed by atoms with Crippen LogP contribution in [0.25, 0.3) is 53.4 Å². The fourth-order valence-corrected chi connectivity index (χ4v) is 6.36. The van der Waals surface area contributed by atoms with Crippen LogP contribution in [0.4, 0.5) is 0 Å². The van der Waals surface area contributed by atoms with E-state index in [2.05, 4.69) is 118 Å². The number of hydrogen-bond acceptors (Lipinski definition) is 3. The molecule has 3 nitrogen and oxygen atoms in total. The fraction of sp³-hybridized carbons (Fsp3) is 0.0312. The third kappa shape index (κ3) is 3.23. The molecule has 0 saturated carbocycles. The Morgan fingerprint density at radius 1 is 0.806 bits per heavy atom. The van der Waals surface area contributed by atoms with Gasteiger partial charge in [0.25, 0.3) is 0 Å². The molecule has 0 bridgehead atoms. The van der Waals surface area contributed by atoms with Crippen LogP contribution in [0.2, 0.25) is 0 Å². The number of benzene rings is 4. The lowest BCUT2D eigenvalue weighted by Gasteiger charge is -2.17. The zero-order chi connectivity index (χ0) is 24.1. The summed E-state index contributed by atoms with van der Waals surface area (Å²) in [6.07, 6.45) is 10.3. The zero-order valence-corrected chi connectivity index (χ0v) is 20.5. The number of fused-ring (bicyclic) bond motifs is 7. The van der Waals surface area contributed by atoms with E-state index in [0.29, 0.717) is 0 Å². The first-order valence-corrected chi connectivity index (χ1v) is 12.9. The summed E-state index contributed by atoms with van der Waals surface area (Å²) in [5, 5.41) is 5.19. The van der Waals surface area contributed by atoms with Gasteiger partial charge in [0, 0.05) is 61.1 Å². The summed E-state index contributed by atoms with van der Waals surface area (Å²) >= 11 is 1.86. The van der Waals surface area contributed by atoms with E-state index in [0.717, 1.165) is 23.5 Å². The van der Waals surface area contributed by atoms with Crippen molar-refractivity contribution in [3.63, 3.8) is 0 Å². The quantitative estimate of drug-likeness (QED) is 0.231. The van der Waals surface area contributed by atoms with Crippen molar-refractivity contribution in [1.82, 2.24) is 9.47 Å². The van der Waals surface area contributed by atoms with Gasteiger partial charge in [-0.15, -0.1) is 11.3 Å². The summed E-state index contributed by atoms with van der Waals surface area (Å²) in [7, 11) is 0. The minimum absolute atomic E-state index is 0.833. The molecule has 6 aromatic rings. The summed E-state index contributed by atoms with van der Waals surface area (Å²) in [4.78, 5) is 6.43. The average molecular weight is 482 g/mol. The molecule has 0 saturated heterocycles. The van der Waals surface area contributed by atoms with Crippen molar-refractivity contribution < 1.29 is 0 Å². The van der Waals surface area contributed by atoms with Crippen molar-refractivity contribution in [3.05, 3.63) is 121 Å². The first kappa shape index (κ1) is 20.9. The lowest BCUT2D eigenvalue weighted by Crippen LogP contribution is -2.11. The van der Waals surface area contributed by atoms with E-state index in [-0.39, 0.29) is 0 Å². The Labute approximate surface area is 213 Å². The monoisotopic (exact) mass is 481 g/mol. The lowest BCUT2D eigenvalue weighted by molar-refractivity contribution is 0.561. The number of aliphatic imine (C=N–C) groups is 1. The summed E-state index contributed by atoms with van der Waals surface area (Å²) in [6, 6.07) is 30.7. The number of rotatable bonds is 4. The Bertz CT molecular complexity index is 1880. The molecule has 0 fully saturated rings. The Morgan fingerprint density at radius 2 is 1.61 bits per heavy atom. The van der Waals surface area contributed by atoms with Crippen LogP contribution in [0.1, 0.15) is 5.56 Å². The van der Waals surface area contributed by atoms with Crippen LogP contribution in [0.15, 0.2) is 121 Å². The van der Waals surface area contributed by atoms with E-state index >= 15 is 0 Å². The van der Waals surface area contributed by atoms with Crippen LogP contribution in [0.3, 0.4) is 0 Å². The SMILES string of the molecule is C=N/C(=C\N1C=CC=CC1)c1ccc(-n2c3ccccc3c3ccc4sc5ccccc5c4c32)cc1. The van der Waals surface area contributed by atoms with Crippen molar-refractivity contribution in [2.75, 3.05) is 6.54 Å². The van der Waals surface area contributed by atoms with E-state index in [1.807, 2.05) is 29.8 Å². The summed E-state index contributed by atoms with van der Waals surface area (Å²) < 4.78 is 5.05. The molecule has 36 heavy (non-hydrogen) atoms.